The van der Waals surface area contributed by atoms with Gasteiger partial charge in [0, 0.05) is 33.0 Å². The molecule has 0 amide bonds. The maximum absolute atomic E-state index is 6.32. The Bertz CT molecular complexity index is 950. The van der Waals surface area contributed by atoms with Crippen molar-refractivity contribution in [3.63, 3.8) is 0 Å². The maximum atomic E-state index is 6.32. The first-order valence-electron chi connectivity index (χ1n) is 8.62. The van der Waals surface area contributed by atoms with Gasteiger partial charge in [0.05, 0.1) is 0 Å². The fourth-order valence-corrected chi connectivity index (χ4v) is 4.23. The maximum Gasteiger partial charge on any atom is 0.0496 e. The minimum absolute atomic E-state index is 0.0187. The van der Waals surface area contributed by atoms with Gasteiger partial charge in [-0.25, -0.2) is 0 Å². The highest BCUT2D eigenvalue weighted by atomic mass is 15.1. The molecule has 1 unspecified atom stereocenters. The van der Waals surface area contributed by atoms with Crippen LogP contribution >= 0.6 is 0 Å². The molecule has 0 aliphatic heterocycles. The summed E-state index contributed by atoms with van der Waals surface area (Å²) in [5, 5.41) is 2.66. The lowest BCUT2D eigenvalue weighted by molar-refractivity contribution is 0.339. The standard InChI is InChI=1S/C22H24N2/c1-15-12-13-22(3,14-16(2)21(15)23)24-19-10-6-4-8-17(19)18-9-5-7-11-20(18)24/h4-12H,13-14,23H2,1-3H3. The van der Waals surface area contributed by atoms with Crippen molar-refractivity contribution in [2.75, 3.05) is 0 Å². The summed E-state index contributed by atoms with van der Waals surface area (Å²) in [6, 6.07) is 17.5. The molecule has 0 fully saturated rings. The van der Waals surface area contributed by atoms with Gasteiger partial charge in [0.15, 0.2) is 0 Å². The molecule has 2 nitrogen and oxygen atoms in total. The number of benzene rings is 2. The Kier molecular flexibility index (Phi) is 3.31. The summed E-state index contributed by atoms with van der Waals surface area (Å²) in [5.41, 5.74) is 12.4. The zero-order valence-corrected chi connectivity index (χ0v) is 14.6. The van der Waals surface area contributed by atoms with Gasteiger partial charge in [0.25, 0.3) is 0 Å². The molecule has 0 saturated carbocycles. The number of nitrogens with two attached hydrogens (primary N) is 1. The van der Waals surface area contributed by atoms with Gasteiger partial charge in [-0.05, 0) is 56.9 Å². The van der Waals surface area contributed by atoms with Gasteiger partial charge in [-0.2, -0.15) is 0 Å². The van der Waals surface area contributed by atoms with Crippen molar-refractivity contribution in [1.29, 1.82) is 0 Å². The first kappa shape index (κ1) is 15.1. The van der Waals surface area contributed by atoms with Gasteiger partial charge in [0.2, 0.25) is 0 Å². The van der Waals surface area contributed by atoms with Crippen molar-refractivity contribution in [1.82, 2.24) is 4.57 Å². The molecule has 24 heavy (non-hydrogen) atoms. The summed E-state index contributed by atoms with van der Waals surface area (Å²) in [5.74, 6) is 0. The van der Waals surface area contributed by atoms with Crippen LogP contribution in [-0.2, 0) is 5.54 Å². The molecule has 0 spiro atoms. The van der Waals surface area contributed by atoms with E-state index >= 15 is 0 Å². The third-order valence-corrected chi connectivity index (χ3v) is 5.50. The van der Waals surface area contributed by atoms with Crippen LogP contribution in [0.25, 0.3) is 21.8 Å². The Labute approximate surface area is 143 Å². The first-order chi connectivity index (χ1) is 11.5. The van der Waals surface area contributed by atoms with E-state index in [2.05, 4.69) is 79.9 Å². The Morgan fingerprint density at radius 1 is 0.917 bits per heavy atom. The summed E-state index contributed by atoms with van der Waals surface area (Å²) in [6.07, 6.45) is 4.25. The third-order valence-electron chi connectivity index (χ3n) is 5.50. The highest BCUT2D eigenvalue weighted by Crippen LogP contribution is 2.41. The van der Waals surface area contributed by atoms with Crippen LogP contribution in [0.2, 0.25) is 0 Å². The van der Waals surface area contributed by atoms with E-state index in [-0.39, 0.29) is 5.54 Å². The highest BCUT2D eigenvalue weighted by Gasteiger charge is 2.31. The second-order valence-corrected chi connectivity index (χ2v) is 7.33. The zero-order valence-electron chi connectivity index (χ0n) is 14.6. The molecule has 1 heterocycles. The number of nitrogens with zero attached hydrogens (tertiary/aromatic N) is 1. The smallest absolute Gasteiger partial charge is 0.0496 e. The summed E-state index contributed by atoms with van der Waals surface area (Å²) in [7, 11) is 0. The molecule has 3 aromatic rings. The minimum atomic E-state index is -0.0187. The second-order valence-electron chi connectivity index (χ2n) is 7.33. The Hall–Kier alpha value is -2.48. The van der Waals surface area contributed by atoms with Gasteiger partial charge in [-0.1, -0.05) is 42.5 Å². The Morgan fingerprint density at radius 3 is 2.04 bits per heavy atom. The number of hydrogen-bond acceptors (Lipinski definition) is 1. The topological polar surface area (TPSA) is 30.9 Å². The van der Waals surface area contributed by atoms with Gasteiger partial charge < -0.3 is 10.3 Å². The van der Waals surface area contributed by atoms with Crippen LogP contribution in [0, 0.1) is 0 Å². The number of aromatic nitrogens is 1. The Morgan fingerprint density at radius 2 is 1.46 bits per heavy atom. The summed E-state index contributed by atoms with van der Waals surface area (Å²) < 4.78 is 2.53. The summed E-state index contributed by atoms with van der Waals surface area (Å²) in [6.45, 7) is 6.65. The monoisotopic (exact) mass is 316 g/mol. The quantitative estimate of drug-likeness (QED) is 0.633. The molecule has 1 aliphatic rings. The van der Waals surface area contributed by atoms with E-state index in [9.17, 15) is 0 Å². The SMILES string of the molecule is CC1=CCC(C)(n2c3ccccc3c3ccccc32)CC(C)=C1N. The number of hydrogen-bond donors (Lipinski definition) is 1. The van der Waals surface area contributed by atoms with Crippen LogP contribution in [-0.4, -0.2) is 4.57 Å². The van der Waals surface area contributed by atoms with Crippen molar-refractivity contribution in [2.45, 2.75) is 39.2 Å². The largest absolute Gasteiger partial charge is 0.399 e. The van der Waals surface area contributed by atoms with E-state index < -0.39 is 0 Å². The molecule has 0 radical (unpaired) electrons. The van der Waals surface area contributed by atoms with E-state index in [0.29, 0.717) is 0 Å². The van der Waals surface area contributed by atoms with E-state index in [0.717, 1.165) is 18.5 Å². The highest BCUT2D eigenvalue weighted by molar-refractivity contribution is 6.08. The van der Waals surface area contributed by atoms with Gasteiger partial charge in [-0.3, -0.25) is 0 Å². The fraction of sp³-hybridized carbons (Fsp3) is 0.273. The molecule has 122 valence electrons. The lowest BCUT2D eigenvalue weighted by atomic mass is 9.90. The van der Waals surface area contributed by atoms with Gasteiger partial charge >= 0.3 is 0 Å². The fourth-order valence-electron chi connectivity index (χ4n) is 4.23. The van der Waals surface area contributed by atoms with Crippen LogP contribution in [0.4, 0.5) is 0 Å². The van der Waals surface area contributed by atoms with Gasteiger partial charge in [-0.15, -0.1) is 0 Å². The molecule has 1 aliphatic carbocycles. The molecule has 1 atom stereocenters. The summed E-state index contributed by atoms with van der Waals surface area (Å²) >= 11 is 0. The number of rotatable bonds is 1. The normalized spacial score (nSPS) is 22.0. The molecule has 0 bridgehead atoms. The molecular weight excluding hydrogens is 292 g/mol. The molecule has 2 aromatic carbocycles. The van der Waals surface area contributed by atoms with Crippen molar-refractivity contribution in [3.8, 4) is 0 Å². The van der Waals surface area contributed by atoms with E-state index in [1.807, 2.05) is 0 Å². The number of fused-ring (bicyclic) bond motifs is 3. The lowest BCUT2D eigenvalue weighted by Crippen LogP contribution is -2.29. The summed E-state index contributed by atoms with van der Waals surface area (Å²) in [4.78, 5) is 0. The second kappa shape index (κ2) is 5.27. The van der Waals surface area contributed by atoms with Crippen LogP contribution in [0.5, 0.6) is 0 Å². The van der Waals surface area contributed by atoms with E-state index in [4.69, 9.17) is 5.73 Å². The first-order valence-corrected chi connectivity index (χ1v) is 8.62. The molecule has 1 aromatic heterocycles. The molecule has 2 N–H and O–H groups in total. The van der Waals surface area contributed by atoms with Crippen molar-refractivity contribution >= 4 is 21.8 Å². The van der Waals surface area contributed by atoms with E-state index in [1.54, 1.807) is 0 Å². The lowest BCUT2D eigenvalue weighted by Gasteiger charge is -2.32. The Balaban J connectivity index is 2.05. The number of para-hydroxylation sites is 2. The molecular formula is C22H24N2. The molecule has 2 heteroatoms. The molecule has 0 saturated heterocycles. The number of allylic oxidation sites excluding steroid dienone is 3. The zero-order chi connectivity index (χ0) is 16.9. The van der Waals surface area contributed by atoms with Crippen molar-refractivity contribution in [3.05, 3.63) is 71.5 Å². The van der Waals surface area contributed by atoms with Crippen LogP contribution in [0.1, 0.15) is 33.6 Å². The van der Waals surface area contributed by atoms with Crippen LogP contribution in [0.3, 0.4) is 0 Å². The molecule has 4 rings (SSSR count). The van der Waals surface area contributed by atoms with Gasteiger partial charge in [0.1, 0.15) is 0 Å². The van der Waals surface area contributed by atoms with Crippen molar-refractivity contribution < 1.29 is 0 Å². The van der Waals surface area contributed by atoms with Crippen LogP contribution < -0.4 is 5.73 Å². The van der Waals surface area contributed by atoms with Crippen LogP contribution in [0.15, 0.2) is 71.5 Å². The third kappa shape index (κ3) is 2.10. The predicted octanol–water partition coefficient (Wildman–Crippen LogP) is 5.48. The average molecular weight is 316 g/mol. The predicted molar refractivity (Wildman–Crippen MR) is 103 cm³/mol. The van der Waals surface area contributed by atoms with E-state index in [1.165, 1.54) is 33.0 Å². The minimum Gasteiger partial charge on any atom is -0.399 e. The average Bonchev–Trinajstić information content (AvgIpc) is 2.89. The van der Waals surface area contributed by atoms with Crippen molar-refractivity contribution in [2.24, 2.45) is 5.73 Å².